The largest absolute Gasteiger partial charge is 0.338 e. The molecule has 2 saturated heterocycles. The summed E-state index contributed by atoms with van der Waals surface area (Å²) in [4.78, 5) is 17.4. The maximum Gasteiger partial charge on any atom is 0.225 e. The van der Waals surface area contributed by atoms with Gasteiger partial charge in [-0.2, -0.15) is 0 Å². The second-order valence-electron chi connectivity index (χ2n) is 8.81. The van der Waals surface area contributed by atoms with Crippen molar-refractivity contribution in [1.82, 2.24) is 9.80 Å². The number of likely N-dealkylation sites (tertiary alicyclic amines) is 2. The molecule has 5 heteroatoms. The van der Waals surface area contributed by atoms with Crippen molar-refractivity contribution in [1.29, 1.82) is 0 Å². The van der Waals surface area contributed by atoms with Crippen LogP contribution in [0, 0.1) is 23.5 Å². The van der Waals surface area contributed by atoms with Crippen molar-refractivity contribution < 1.29 is 13.6 Å². The zero-order valence-corrected chi connectivity index (χ0v) is 16.4. The van der Waals surface area contributed by atoms with Crippen molar-refractivity contribution in [2.75, 3.05) is 19.6 Å². The van der Waals surface area contributed by atoms with Crippen LogP contribution in [0.3, 0.4) is 0 Å². The fourth-order valence-corrected chi connectivity index (χ4v) is 5.22. The Balaban J connectivity index is 1.38. The van der Waals surface area contributed by atoms with Crippen LogP contribution in [-0.2, 0) is 11.3 Å². The lowest BCUT2D eigenvalue weighted by molar-refractivity contribution is -0.134. The maximum atomic E-state index is 13.6. The van der Waals surface area contributed by atoms with E-state index in [1.807, 2.05) is 18.2 Å². The van der Waals surface area contributed by atoms with E-state index in [1.54, 1.807) is 12.1 Å². The summed E-state index contributed by atoms with van der Waals surface area (Å²) in [5.74, 6) is 0.634. The number of amides is 1. The minimum absolute atomic E-state index is 0.205. The molecule has 3 atom stereocenters. The van der Waals surface area contributed by atoms with Gasteiger partial charge in [-0.3, -0.25) is 9.69 Å². The van der Waals surface area contributed by atoms with Gasteiger partial charge in [-0.1, -0.05) is 24.3 Å². The Labute approximate surface area is 170 Å². The van der Waals surface area contributed by atoms with Gasteiger partial charge in [-0.25, -0.2) is 8.78 Å². The van der Waals surface area contributed by atoms with Gasteiger partial charge in [0.25, 0.3) is 0 Å². The Morgan fingerprint density at radius 1 is 0.966 bits per heavy atom. The number of carbonyl (C=O) groups is 1. The van der Waals surface area contributed by atoms with E-state index >= 15 is 0 Å². The van der Waals surface area contributed by atoms with E-state index in [9.17, 15) is 13.6 Å². The van der Waals surface area contributed by atoms with Gasteiger partial charge in [0.1, 0.15) is 11.6 Å². The highest BCUT2D eigenvalue weighted by Crippen LogP contribution is 2.44. The molecule has 0 N–H and O–H groups in total. The normalized spacial score (nSPS) is 27.1. The molecule has 2 heterocycles. The lowest BCUT2D eigenvalue weighted by atomic mass is 9.81. The van der Waals surface area contributed by atoms with Crippen molar-refractivity contribution >= 4 is 5.91 Å². The number of fused-ring (bicyclic) bond motifs is 1. The molecule has 3 fully saturated rings. The Morgan fingerprint density at radius 2 is 1.76 bits per heavy atom. The smallest absolute Gasteiger partial charge is 0.225 e. The summed E-state index contributed by atoms with van der Waals surface area (Å²) in [7, 11) is 0. The van der Waals surface area contributed by atoms with Crippen molar-refractivity contribution in [3.63, 3.8) is 0 Å². The van der Waals surface area contributed by atoms with Crippen LogP contribution >= 0.6 is 0 Å². The summed E-state index contributed by atoms with van der Waals surface area (Å²) in [6.45, 7) is 3.22. The number of hydrogen-bond donors (Lipinski definition) is 0. The summed E-state index contributed by atoms with van der Waals surface area (Å²) in [5, 5.41) is 0. The fourth-order valence-electron chi connectivity index (χ4n) is 5.22. The summed E-state index contributed by atoms with van der Waals surface area (Å²) in [6.07, 6.45) is 2.97. The van der Waals surface area contributed by atoms with Gasteiger partial charge in [0.05, 0.1) is 0 Å². The van der Waals surface area contributed by atoms with E-state index in [0.29, 0.717) is 18.4 Å². The number of carbonyl (C=O) groups excluding carboxylic acids is 1. The highest BCUT2D eigenvalue weighted by molar-refractivity contribution is 5.82. The molecule has 1 amide bonds. The first-order valence-electron chi connectivity index (χ1n) is 10.6. The van der Waals surface area contributed by atoms with Crippen LogP contribution in [0.25, 0.3) is 0 Å². The van der Waals surface area contributed by atoms with Crippen LogP contribution < -0.4 is 0 Å². The Hall–Kier alpha value is -2.27. The molecule has 3 nitrogen and oxygen atoms in total. The van der Waals surface area contributed by atoms with E-state index in [-0.39, 0.29) is 29.5 Å². The Morgan fingerprint density at radius 3 is 2.48 bits per heavy atom. The molecule has 0 bridgehead atoms. The topological polar surface area (TPSA) is 23.6 Å². The number of hydrogen-bond acceptors (Lipinski definition) is 2. The molecule has 1 aliphatic carbocycles. The van der Waals surface area contributed by atoms with E-state index in [0.717, 1.165) is 50.0 Å². The predicted octanol–water partition coefficient (Wildman–Crippen LogP) is 4.19. The first-order valence-corrected chi connectivity index (χ1v) is 10.6. The third-order valence-electron chi connectivity index (χ3n) is 6.82. The first kappa shape index (κ1) is 18.7. The molecule has 2 aromatic rings. The Bertz CT molecular complexity index is 896. The zero-order chi connectivity index (χ0) is 20.0. The number of rotatable bonds is 4. The number of nitrogens with zero attached hydrogens (tertiary/aromatic N) is 2. The third kappa shape index (κ3) is 3.80. The van der Waals surface area contributed by atoms with Crippen LogP contribution in [-0.4, -0.2) is 41.4 Å². The maximum absolute atomic E-state index is 13.6. The third-order valence-corrected chi connectivity index (χ3v) is 6.82. The van der Waals surface area contributed by atoms with Gasteiger partial charge < -0.3 is 4.90 Å². The first-order chi connectivity index (χ1) is 14.1. The second kappa shape index (κ2) is 7.52. The predicted molar refractivity (Wildman–Crippen MR) is 107 cm³/mol. The average molecular weight is 396 g/mol. The fraction of sp³-hybridized carbons (Fsp3) is 0.458. The number of piperidine rings is 1. The minimum atomic E-state index is -0.231. The molecule has 2 aliphatic heterocycles. The van der Waals surface area contributed by atoms with E-state index < -0.39 is 0 Å². The van der Waals surface area contributed by atoms with Gasteiger partial charge in [0, 0.05) is 50.0 Å². The molecule has 0 aromatic heterocycles. The van der Waals surface area contributed by atoms with Crippen molar-refractivity contribution in [2.24, 2.45) is 11.8 Å². The summed E-state index contributed by atoms with van der Waals surface area (Å²) < 4.78 is 27.0. The van der Waals surface area contributed by atoms with Gasteiger partial charge in [0.2, 0.25) is 5.91 Å². The van der Waals surface area contributed by atoms with E-state index in [4.69, 9.17) is 0 Å². The number of benzene rings is 2. The van der Waals surface area contributed by atoms with Gasteiger partial charge >= 0.3 is 0 Å². The molecule has 2 aromatic carbocycles. The molecule has 152 valence electrons. The summed E-state index contributed by atoms with van der Waals surface area (Å²) >= 11 is 0. The second-order valence-corrected chi connectivity index (χ2v) is 8.81. The molecule has 0 spiro atoms. The van der Waals surface area contributed by atoms with Gasteiger partial charge in [0.15, 0.2) is 0 Å². The van der Waals surface area contributed by atoms with Gasteiger partial charge in [-0.05, 0) is 54.7 Å². The van der Waals surface area contributed by atoms with Crippen LogP contribution in [0.15, 0.2) is 48.5 Å². The Kier molecular flexibility index (Phi) is 4.86. The van der Waals surface area contributed by atoms with Crippen LogP contribution in [0.5, 0.6) is 0 Å². The molecular weight excluding hydrogens is 370 g/mol. The average Bonchev–Trinajstić information content (AvgIpc) is 3.49. The van der Waals surface area contributed by atoms with Crippen LogP contribution in [0.1, 0.15) is 36.3 Å². The van der Waals surface area contributed by atoms with Crippen LogP contribution in [0.2, 0.25) is 0 Å². The van der Waals surface area contributed by atoms with Crippen molar-refractivity contribution in [3.05, 3.63) is 71.3 Å². The molecular formula is C24H26F2N2O. The molecule has 3 aliphatic rings. The van der Waals surface area contributed by atoms with E-state index in [2.05, 4.69) is 9.80 Å². The summed E-state index contributed by atoms with van der Waals surface area (Å²) in [5.41, 5.74) is 2.09. The summed E-state index contributed by atoms with van der Waals surface area (Å²) in [6, 6.07) is 13.8. The molecule has 29 heavy (non-hydrogen) atoms. The monoisotopic (exact) mass is 396 g/mol. The van der Waals surface area contributed by atoms with E-state index in [1.165, 1.54) is 18.2 Å². The standard InChI is InChI=1S/C24H26F2N2O/c25-19-8-6-17(7-9-19)21-15-28(24(29)18-4-5-18)23-10-11-27(14-22(21)23)13-16-2-1-3-20(26)12-16/h1-3,6-9,12,18,21-23H,4-5,10-11,13-15H2/t21-,22-,23-/m1/s1. The lowest BCUT2D eigenvalue weighted by Gasteiger charge is -2.39. The van der Waals surface area contributed by atoms with Crippen LogP contribution in [0.4, 0.5) is 8.78 Å². The molecule has 1 saturated carbocycles. The highest BCUT2D eigenvalue weighted by Gasteiger charge is 2.49. The quantitative estimate of drug-likeness (QED) is 0.774. The van der Waals surface area contributed by atoms with Crippen molar-refractivity contribution in [3.8, 4) is 0 Å². The minimum Gasteiger partial charge on any atom is -0.338 e. The molecule has 5 rings (SSSR count). The zero-order valence-electron chi connectivity index (χ0n) is 16.4. The van der Waals surface area contributed by atoms with Crippen molar-refractivity contribution in [2.45, 2.75) is 37.8 Å². The van der Waals surface area contributed by atoms with Gasteiger partial charge in [-0.15, -0.1) is 0 Å². The highest BCUT2D eigenvalue weighted by atomic mass is 19.1. The number of halogens is 2. The SMILES string of the molecule is O=C(C1CC1)N1C[C@H](c2ccc(F)cc2)[C@H]2CN(Cc3cccc(F)c3)CC[C@H]21. The lowest BCUT2D eigenvalue weighted by Crippen LogP contribution is -2.48. The molecule has 0 unspecified atom stereocenters. The molecule has 0 radical (unpaired) electrons.